The second-order valence-electron chi connectivity index (χ2n) is 5.88. The first-order valence-corrected chi connectivity index (χ1v) is 8.09. The molecule has 0 N–H and O–H groups in total. The standard InChI is InChI=1S/C15H21N3O.C2H6/c1-13(19)18-11-6-15(12-18)4-9-17(10-5-15)14-2-7-16-8-3-14;1-2/h2-3,7-8H,4-6,9-12H2,1H3;1-2H3. The summed E-state index contributed by atoms with van der Waals surface area (Å²) in [5.74, 6) is 0.230. The molecule has 116 valence electrons. The van der Waals surface area contributed by atoms with E-state index in [1.54, 1.807) is 6.92 Å². The summed E-state index contributed by atoms with van der Waals surface area (Å²) < 4.78 is 0. The fourth-order valence-corrected chi connectivity index (χ4v) is 3.41. The summed E-state index contributed by atoms with van der Waals surface area (Å²) in [6, 6.07) is 4.16. The molecular formula is C17H27N3O. The molecule has 1 aromatic heterocycles. The highest BCUT2D eigenvalue weighted by atomic mass is 16.2. The summed E-state index contributed by atoms with van der Waals surface area (Å²) >= 11 is 0. The zero-order chi connectivity index (χ0) is 15.3. The van der Waals surface area contributed by atoms with E-state index in [9.17, 15) is 4.79 Å². The summed E-state index contributed by atoms with van der Waals surface area (Å²) in [7, 11) is 0. The molecule has 0 aromatic carbocycles. The van der Waals surface area contributed by atoms with E-state index in [2.05, 4.69) is 22.0 Å². The third kappa shape index (κ3) is 3.55. The van der Waals surface area contributed by atoms with Crippen molar-refractivity contribution in [3.63, 3.8) is 0 Å². The van der Waals surface area contributed by atoms with Crippen molar-refractivity contribution in [3.05, 3.63) is 24.5 Å². The SMILES string of the molecule is CC.CC(=O)N1CCC2(CCN(c3ccncc3)CC2)C1. The minimum atomic E-state index is 0.230. The van der Waals surface area contributed by atoms with Crippen molar-refractivity contribution in [2.24, 2.45) is 5.41 Å². The van der Waals surface area contributed by atoms with Crippen LogP contribution in [-0.2, 0) is 4.79 Å². The second-order valence-corrected chi connectivity index (χ2v) is 5.88. The van der Waals surface area contributed by atoms with Crippen LogP contribution in [0, 0.1) is 5.41 Å². The van der Waals surface area contributed by atoms with Crippen LogP contribution in [0.2, 0.25) is 0 Å². The first kappa shape index (κ1) is 15.8. The van der Waals surface area contributed by atoms with Gasteiger partial charge in [-0.2, -0.15) is 0 Å². The number of aromatic nitrogens is 1. The van der Waals surface area contributed by atoms with Gasteiger partial charge in [0, 0.05) is 51.2 Å². The van der Waals surface area contributed by atoms with Crippen LogP contribution in [-0.4, -0.2) is 42.0 Å². The van der Waals surface area contributed by atoms with Gasteiger partial charge in [0.1, 0.15) is 0 Å². The number of anilines is 1. The van der Waals surface area contributed by atoms with Gasteiger partial charge >= 0.3 is 0 Å². The van der Waals surface area contributed by atoms with Gasteiger partial charge in [-0.25, -0.2) is 0 Å². The average molecular weight is 289 g/mol. The van der Waals surface area contributed by atoms with E-state index in [0.29, 0.717) is 5.41 Å². The fraction of sp³-hybridized carbons (Fsp3) is 0.647. The molecule has 1 aromatic rings. The quantitative estimate of drug-likeness (QED) is 0.797. The number of carbonyl (C=O) groups is 1. The van der Waals surface area contributed by atoms with Crippen LogP contribution in [0.3, 0.4) is 0 Å². The number of likely N-dealkylation sites (tertiary alicyclic amines) is 1. The number of hydrogen-bond acceptors (Lipinski definition) is 3. The van der Waals surface area contributed by atoms with Crippen LogP contribution in [0.15, 0.2) is 24.5 Å². The van der Waals surface area contributed by atoms with Gasteiger partial charge in [-0.3, -0.25) is 9.78 Å². The Bertz CT molecular complexity index is 452. The lowest BCUT2D eigenvalue weighted by Crippen LogP contribution is -2.42. The molecule has 3 heterocycles. The first-order chi connectivity index (χ1) is 10.2. The van der Waals surface area contributed by atoms with Gasteiger partial charge in [0.15, 0.2) is 0 Å². The highest BCUT2D eigenvalue weighted by molar-refractivity contribution is 5.73. The Balaban J connectivity index is 0.000000774. The highest BCUT2D eigenvalue weighted by Gasteiger charge is 2.41. The molecule has 0 saturated carbocycles. The molecule has 0 atom stereocenters. The van der Waals surface area contributed by atoms with Crippen molar-refractivity contribution in [2.45, 2.75) is 40.0 Å². The maximum Gasteiger partial charge on any atom is 0.219 e. The molecule has 0 bridgehead atoms. The van der Waals surface area contributed by atoms with Crippen molar-refractivity contribution in [1.82, 2.24) is 9.88 Å². The van der Waals surface area contributed by atoms with Gasteiger partial charge in [-0.05, 0) is 36.8 Å². The van der Waals surface area contributed by atoms with Gasteiger partial charge in [-0.15, -0.1) is 0 Å². The molecule has 1 spiro atoms. The molecule has 2 aliphatic rings. The van der Waals surface area contributed by atoms with E-state index in [-0.39, 0.29) is 5.91 Å². The van der Waals surface area contributed by atoms with Gasteiger partial charge in [0.05, 0.1) is 0 Å². The van der Waals surface area contributed by atoms with Gasteiger partial charge in [0.25, 0.3) is 0 Å². The first-order valence-electron chi connectivity index (χ1n) is 8.09. The predicted molar refractivity (Wildman–Crippen MR) is 86.3 cm³/mol. The van der Waals surface area contributed by atoms with Crippen molar-refractivity contribution in [3.8, 4) is 0 Å². The third-order valence-corrected chi connectivity index (χ3v) is 4.74. The Morgan fingerprint density at radius 2 is 1.67 bits per heavy atom. The van der Waals surface area contributed by atoms with Crippen LogP contribution in [0.5, 0.6) is 0 Å². The zero-order valence-electron chi connectivity index (χ0n) is 13.5. The smallest absolute Gasteiger partial charge is 0.219 e. The largest absolute Gasteiger partial charge is 0.371 e. The second kappa shape index (κ2) is 6.92. The number of hydrogen-bond donors (Lipinski definition) is 0. The maximum absolute atomic E-state index is 11.5. The Morgan fingerprint density at radius 1 is 1.10 bits per heavy atom. The minimum absolute atomic E-state index is 0.230. The number of carbonyl (C=O) groups excluding carboxylic acids is 1. The van der Waals surface area contributed by atoms with Gasteiger partial charge in [0.2, 0.25) is 5.91 Å². The van der Waals surface area contributed by atoms with E-state index in [0.717, 1.165) is 26.2 Å². The van der Waals surface area contributed by atoms with Crippen LogP contribution in [0.25, 0.3) is 0 Å². The number of pyridine rings is 1. The summed E-state index contributed by atoms with van der Waals surface area (Å²) in [4.78, 5) is 20.0. The minimum Gasteiger partial charge on any atom is -0.371 e. The Hall–Kier alpha value is -1.58. The monoisotopic (exact) mass is 289 g/mol. The number of nitrogens with zero attached hydrogens (tertiary/aromatic N) is 3. The van der Waals surface area contributed by atoms with Crippen LogP contribution >= 0.6 is 0 Å². The summed E-state index contributed by atoms with van der Waals surface area (Å²) in [5.41, 5.74) is 1.65. The molecule has 3 rings (SSSR count). The average Bonchev–Trinajstić information content (AvgIpc) is 2.95. The Labute approximate surface area is 128 Å². The van der Waals surface area contributed by atoms with Gasteiger partial charge < -0.3 is 9.80 Å². The predicted octanol–water partition coefficient (Wildman–Crippen LogP) is 2.95. The van der Waals surface area contributed by atoms with Crippen LogP contribution in [0.1, 0.15) is 40.0 Å². The topological polar surface area (TPSA) is 36.4 Å². The van der Waals surface area contributed by atoms with E-state index in [4.69, 9.17) is 0 Å². The lowest BCUT2D eigenvalue weighted by atomic mass is 9.77. The third-order valence-electron chi connectivity index (χ3n) is 4.74. The van der Waals surface area contributed by atoms with E-state index >= 15 is 0 Å². The molecular weight excluding hydrogens is 262 g/mol. The normalized spacial score (nSPS) is 20.1. The maximum atomic E-state index is 11.5. The van der Waals surface area contributed by atoms with Crippen molar-refractivity contribution in [1.29, 1.82) is 0 Å². The molecule has 4 heteroatoms. The highest BCUT2D eigenvalue weighted by Crippen LogP contribution is 2.41. The number of rotatable bonds is 1. The number of amides is 1. The molecule has 2 fully saturated rings. The summed E-state index contributed by atoms with van der Waals surface area (Å²) in [6.45, 7) is 9.79. The lowest BCUT2D eigenvalue weighted by molar-refractivity contribution is -0.128. The Kier molecular flexibility index (Phi) is 5.21. The summed E-state index contributed by atoms with van der Waals surface area (Å²) in [5, 5.41) is 0. The molecule has 1 amide bonds. The van der Waals surface area contributed by atoms with Crippen molar-refractivity contribution < 1.29 is 4.79 Å². The summed E-state index contributed by atoms with van der Waals surface area (Å²) in [6.07, 6.45) is 7.27. The van der Waals surface area contributed by atoms with E-state index in [1.165, 1.54) is 24.9 Å². The molecule has 2 saturated heterocycles. The van der Waals surface area contributed by atoms with Crippen molar-refractivity contribution in [2.75, 3.05) is 31.1 Å². The zero-order valence-corrected chi connectivity index (χ0v) is 13.5. The van der Waals surface area contributed by atoms with Gasteiger partial charge in [-0.1, -0.05) is 13.8 Å². The lowest BCUT2D eigenvalue weighted by Gasteiger charge is -2.40. The number of piperidine rings is 1. The fourth-order valence-electron chi connectivity index (χ4n) is 3.41. The van der Waals surface area contributed by atoms with Crippen LogP contribution < -0.4 is 4.90 Å². The van der Waals surface area contributed by atoms with E-state index < -0.39 is 0 Å². The molecule has 0 aliphatic carbocycles. The van der Waals surface area contributed by atoms with Crippen LogP contribution in [0.4, 0.5) is 5.69 Å². The van der Waals surface area contributed by atoms with E-state index in [1.807, 2.05) is 31.1 Å². The molecule has 21 heavy (non-hydrogen) atoms. The molecule has 4 nitrogen and oxygen atoms in total. The Morgan fingerprint density at radius 3 is 2.19 bits per heavy atom. The van der Waals surface area contributed by atoms with Crippen molar-refractivity contribution >= 4 is 11.6 Å². The molecule has 0 radical (unpaired) electrons. The molecule has 2 aliphatic heterocycles. The molecule has 0 unspecified atom stereocenters.